The van der Waals surface area contributed by atoms with Gasteiger partial charge >= 0.3 is 0 Å². The highest BCUT2D eigenvalue weighted by Gasteiger charge is 2.23. The molecule has 1 N–H and O–H groups in total. The summed E-state index contributed by atoms with van der Waals surface area (Å²) in [6.45, 7) is 5.20. The molecule has 0 amide bonds. The topological polar surface area (TPSA) is 63.9 Å². The zero-order chi connectivity index (χ0) is 21.3. The van der Waals surface area contributed by atoms with Crippen LogP contribution in [-0.4, -0.2) is 66.0 Å². The molecule has 0 aliphatic carbocycles. The molecule has 2 aliphatic heterocycles. The Labute approximate surface area is 208 Å². The number of aliphatic imine (C=N–C) groups is 1. The normalized spacial score (nSPS) is 20.1. The van der Waals surface area contributed by atoms with Crippen LogP contribution in [0.2, 0.25) is 0 Å². The van der Waals surface area contributed by atoms with Crippen molar-refractivity contribution in [3.05, 3.63) is 54.1 Å². The molecule has 2 fully saturated rings. The number of halogens is 1. The zero-order valence-corrected chi connectivity index (χ0v) is 21.3. The van der Waals surface area contributed by atoms with Crippen molar-refractivity contribution in [3.63, 3.8) is 0 Å². The van der Waals surface area contributed by atoms with E-state index in [1.807, 2.05) is 25.8 Å². The van der Waals surface area contributed by atoms with E-state index in [4.69, 9.17) is 9.47 Å². The number of nitrogens with zero attached hydrogens (tertiary/aromatic N) is 4. The van der Waals surface area contributed by atoms with Gasteiger partial charge in [0.15, 0.2) is 5.96 Å². The Hall–Kier alpha value is -1.65. The molecule has 8 heteroatoms. The number of hydrogen-bond acceptors (Lipinski definition) is 4. The Kier molecular flexibility index (Phi) is 10.3. The van der Waals surface area contributed by atoms with Crippen LogP contribution < -0.4 is 5.32 Å². The molecule has 0 radical (unpaired) electrons. The number of hydrogen-bond donors (Lipinski definition) is 1. The molecule has 1 unspecified atom stereocenters. The Morgan fingerprint density at radius 3 is 2.59 bits per heavy atom. The number of likely N-dealkylation sites (tertiary alicyclic amines) is 1. The molecule has 0 saturated carbocycles. The van der Waals surface area contributed by atoms with E-state index in [-0.39, 0.29) is 24.0 Å². The highest BCUT2D eigenvalue weighted by molar-refractivity contribution is 14.0. The maximum Gasteiger partial charge on any atom is 0.193 e. The van der Waals surface area contributed by atoms with Gasteiger partial charge in [0.05, 0.1) is 25.1 Å². The first-order valence-electron chi connectivity index (χ1n) is 11.5. The monoisotopic (exact) mass is 553 g/mol. The maximum atomic E-state index is 6.14. The minimum Gasteiger partial charge on any atom is -0.376 e. The fourth-order valence-corrected chi connectivity index (χ4v) is 4.28. The second kappa shape index (κ2) is 13.2. The quantitative estimate of drug-likeness (QED) is 0.322. The van der Waals surface area contributed by atoms with Gasteiger partial charge < -0.3 is 24.3 Å². The van der Waals surface area contributed by atoms with Gasteiger partial charge in [-0.05, 0) is 43.2 Å². The lowest BCUT2D eigenvalue weighted by Crippen LogP contribution is -2.47. The van der Waals surface area contributed by atoms with Crippen LogP contribution in [0, 0.1) is 0 Å². The highest BCUT2D eigenvalue weighted by atomic mass is 127. The first kappa shape index (κ1) is 25.0. The molecular weight excluding hydrogens is 517 g/mol. The largest absolute Gasteiger partial charge is 0.376 e. The van der Waals surface area contributed by atoms with E-state index in [1.54, 1.807) is 0 Å². The summed E-state index contributed by atoms with van der Waals surface area (Å²) in [5, 5.41) is 3.52. The van der Waals surface area contributed by atoms with Crippen molar-refractivity contribution in [1.82, 2.24) is 19.8 Å². The SMILES string of the molecule is CN=C(NCc1ccc(Cn2ccnc2)cc1)N1CCC(OCC2CCCCO2)CC1.I. The van der Waals surface area contributed by atoms with Crippen LogP contribution in [0.15, 0.2) is 48.0 Å². The third-order valence-electron chi connectivity index (χ3n) is 6.14. The summed E-state index contributed by atoms with van der Waals surface area (Å²) in [5.74, 6) is 0.969. The van der Waals surface area contributed by atoms with Crippen molar-refractivity contribution in [2.45, 2.75) is 57.4 Å². The first-order valence-corrected chi connectivity index (χ1v) is 11.5. The molecule has 2 saturated heterocycles. The number of ether oxygens (including phenoxy) is 2. The molecule has 1 aromatic carbocycles. The minimum atomic E-state index is 0. The van der Waals surface area contributed by atoms with Crippen molar-refractivity contribution in [3.8, 4) is 0 Å². The lowest BCUT2D eigenvalue weighted by Gasteiger charge is -2.35. The van der Waals surface area contributed by atoms with Crippen LogP contribution in [0.4, 0.5) is 0 Å². The van der Waals surface area contributed by atoms with Gasteiger partial charge in [-0.1, -0.05) is 24.3 Å². The van der Waals surface area contributed by atoms with Crippen molar-refractivity contribution in [2.24, 2.45) is 4.99 Å². The predicted octanol–water partition coefficient (Wildman–Crippen LogP) is 3.67. The fourth-order valence-electron chi connectivity index (χ4n) is 4.28. The van der Waals surface area contributed by atoms with Crippen LogP contribution in [0.5, 0.6) is 0 Å². The number of piperidine rings is 1. The molecule has 0 bridgehead atoms. The van der Waals surface area contributed by atoms with Crippen LogP contribution >= 0.6 is 24.0 Å². The first-order chi connectivity index (χ1) is 15.3. The number of aromatic nitrogens is 2. The number of rotatable bonds is 7. The lowest BCUT2D eigenvalue weighted by atomic mass is 10.1. The number of benzene rings is 1. The van der Waals surface area contributed by atoms with Crippen molar-refractivity contribution < 1.29 is 9.47 Å². The Morgan fingerprint density at radius 1 is 1.16 bits per heavy atom. The molecule has 2 aliphatic rings. The molecule has 1 atom stereocenters. The molecule has 1 aromatic heterocycles. The molecule has 3 heterocycles. The van der Waals surface area contributed by atoms with E-state index in [1.165, 1.54) is 24.0 Å². The summed E-state index contributed by atoms with van der Waals surface area (Å²) in [6.07, 6.45) is 11.9. The Morgan fingerprint density at radius 2 is 1.94 bits per heavy atom. The van der Waals surface area contributed by atoms with Crippen molar-refractivity contribution in [1.29, 1.82) is 0 Å². The van der Waals surface area contributed by atoms with E-state index in [0.29, 0.717) is 12.2 Å². The van der Waals surface area contributed by atoms with E-state index in [9.17, 15) is 0 Å². The van der Waals surface area contributed by atoms with E-state index >= 15 is 0 Å². The average Bonchev–Trinajstić information content (AvgIpc) is 3.34. The van der Waals surface area contributed by atoms with E-state index < -0.39 is 0 Å². The second-order valence-electron chi connectivity index (χ2n) is 8.46. The van der Waals surface area contributed by atoms with E-state index in [2.05, 4.69) is 49.0 Å². The van der Waals surface area contributed by atoms with Gasteiger partial charge in [0.1, 0.15) is 0 Å². The lowest BCUT2D eigenvalue weighted by molar-refractivity contribution is -0.0721. The van der Waals surface area contributed by atoms with Gasteiger partial charge in [0.25, 0.3) is 0 Å². The predicted molar refractivity (Wildman–Crippen MR) is 138 cm³/mol. The van der Waals surface area contributed by atoms with Crippen LogP contribution in [-0.2, 0) is 22.6 Å². The summed E-state index contributed by atoms with van der Waals surface area (Å²) < 4.78 is 14.0. The maximum absolute atomic E-state index is 6.14. The standard InChI is InChI=1S/C24H35N5O2.HI/c1-25-24(27-16-20-5-7-21(8-6-20)17-28-14-11-26-19-28)29-12-9-22(10-13-29)31-18-23-4-2-3-15-30-23;/h5-8,11,14,19,22-23H,2-4,9-10,12-13,15-18H2,1H3,(H,25,27);1H. The number of nitrogens with one attached hydrogen (secondary N) is 1. The zero-order valence-electron chi connectivity index (χ0n) is 19.0. The number of imidazole rings is 1. The molecule has 0 spiro atoms. The molecule has 4 rings (SSSR count). The highest BCUT2D eigenvalue weighted by Crippen LogP contribution is 2.18. The van der Waals surface area contributed by atoms with Gasteiger partial charge in [0.2, 0.25) is 0 Å². The minimum absolute atomic E-state index is 0. The summed E-state index contributed by atoms with van der Waals surface area (Å²) in [7, 11) is 1.86. The van der Waals surface area contributed by atoms with Gasteiger partial charge in [-0.25, -0.2) is 4.98 Å². The van der Waals surface area contributed by atoms with Gasteiger partial charge in [-0.15, -0.1) is 24.0 Å². The molecule has 7 nitrogen and oxygen atoms in total. The summed E-state index contributed by atoms with van der Waals surface area (Å²) in [4.78, 5) is 10.9. The molecule has 176 valence electrons. The van der Waals surface area contributed by atoms with Crippen LogP contribution in [0.1, 0.15) is 43.2 Å². The average molecular weight is 553 g/mol. The Bertz CT molecular complexity index is 798. The van der Waals surface area contributed by atoms with Crippen LogP contribution in [0.3, 0.4) is 0 Å². The van der Waals surface area contributed by atoms with Gasteiger partial charge in [-0.2, -0.15) is 0 Å². The van der Waals surface area contributed by atoms with Gasteiger partial charge in [0, 0.05) is 52.2 Å². The third kappa shape index (κ3) is 7.45. The summed E-state index contributed by atoms with van der Waals surface area (Å²) >= 11 is 0. The third-order valence-corrected chi connectivity index (χ3v) is 6.14. The summed E-state index contributed by atoms with van der Waals surface area (Å²) in [6, 6.07) is 8.72. The molecular formula is C24H36IN5O2. The molecule has 2 aromatic rings. The summed E-state index contributed by atoms with van der Waals surface area (Å²) in [5.41, 5.74) is 2.52. The fraction of sp³-hybridized carbons (Fsp3) is 0.583. The number of guanidine groups is 1. The smallest absolute Gasteiger partial charge is 0.193 e. The van der Waals surface area contributed by atoms with Crippen molar-refractivity contribution >= 4 is 29.9 Å². The molecule has 32 heavy (non-hydrogen) atoms. The van der Waals surface area contributed by atoms with Crippen molar-refractivity contribution in [2.75, 3.05) is 33.4 Å². The Balaban J connectivity index is 0.00000289. The van der Waals surface area contributed by atoms with E-state index in [0.717, 1.165) is 64.6 Å². The second-order valence-corrected chi connectivity index (χ2v) is 8.46. The van der Waals surface area contributed by atoms with Gasteiger partial charge in [-0.3, -0.25) is 4.99 Å². The van der Waals surface area contributed by atoms with Crippen LogP contribution in [0.25, 0.3) is 0 Å².